The van der Waals surface area contributed by atoms with Crippen LogP contribution in [0.25, 0.3) is 20.8 Å². The number of piperidine rings is 1. The van der Waals surface area contributed by atoms with Crippen LogP contribution in [0.15, 0.2) is 42.5 Å². The van der Waals surface area contributed by atoms with Crippen LogP contribution in [0.1, 0.15) is 31.7 Å². The summed E-state index contributed by atoms with van der Waals surface area (Å²) in [6.45, 7) is 5.64. The lowest BCUT2D eigenvalue weighted by atomic mass is 9.95. The predicted octanol–water partition coefficient (Wildman–Crippen LogP) is 2.76. The third-order valence-electron chi connectivity index (χ3n) is 6.80. The van der Waals surface area contributed by atoms with Gasteiger partial charge in [-0.25, -0.2) is 9.88 Å². The molecule has 3 heterocycles. The molecule has 0 spiro atoms. The number of likely N-dealkylation sites (tertiary alicyclic amines) is 1. The maximum absolute atomic E-state index is 13.2. The van der Waals surface area contributed by atoms with E-state index in [9.17, 15) is 14.4 Å². The molecule has 0 bridgehead atoms. The highest BCUT2D eigenvalue weighted by Gasteiger charge is 2.47. The van der Waals surface area contributed by atoms with Gasteiger partial charge in [-0.15, -0.1) is 11.3 Å². The third kappa shape index (κ3) is 4.23. The predicted molar refractivity (Wildman–Crippen MR) is 131 cm³/mol. The number of hydrogen-bond donors (Lipinski definition) is 1. The lowest BCUT2D eigenvalue weighted by Gasteiger charge is -2.31. The third-order valence-corrected chi connectivity index (χ3v) is 7.87. The van der Waals surface area contributed by atoms with Crippen molar-refractivity contribution in [1.82, 2.24) is 4.98 Å². The summed E-state index contributed by atoms with van der Waals surface area (Å²) in [4.78, 5) is 45.2. The van der Waals surface area contributed by atoms with Gasteiger partial charge in [-0.1, -0.05) is 6.07 Å². The summed E-state index contributed by atoms with van der Waals surface area (Å²) in [6, 6.07) is 13.3. The van der Waals surface area contributed by atoms with Crippen molar-refractivity contribution in [1.29, 1.82) is 0 Å². The van der Waals surface area contributed by atoms with Crippen LogP contribution in [0.4, 0.5) is 5.69 Å². The number of rotatable bonds is 5. The van der Waals surface area contributed by atoms with Crippen molar-refractivity contribution in [2.45, 2.75) is 39.2 Å². The molecular formula is C26H28N3O4S+. The number of fused-ring (bicyclic) bond motifs is 1. The van der Waals surface area contributed by atoms with E-state index in [4.69, 9.17) is 9.72 Å². The number of nitrogens with one attached hydrogen (secondary N) is 1. The molecule has 0 radical (unpaired) electrons. The average Bonchev–Trinajstić information content (AvgIpc) is 3.39. The van der Waals surface area contributed by atoms with E-state index >= 15 is 0 Å². The van der Waals surface area contributed by atoms with E-state index in [0.717, 1.165) is 25.7 Å². The number of ether oxygens (including phenoxy) is 1. The fourth-order valence-corrected chi connectivity index (χ4v) is 6.03. The SMILES string of the molecule is CCOC(=O)C1CC[NH+]([C@H]2CC(=O)N(c3ccc(-c4nc5ccc(C)cc5s4)cc3)C2=O)CC1. The maximum atomic E-state index is 13.2. The molecule has 2 aliphatic heterocycles. The highest BCUT2D eigenvalue weighted by atomic mass is 32.1. The van der Waals surface area contributed by atoms with E-state index in [2.05, 4.69) is 19.1 Å². The molecule has 2 aromatic carbocycles. The molecule has 0 saturated carbocycles. The van der Waals surface area contributed by atoms with Gasteiger partial charge in [0.15, 0.2) is 6.04 Å². The first-order valence-electron chi connectivity index (χ1n) is 11.8. The van der Waals surface area contributed by atoms with Gasteiger partial charge in [-0.05, 0) is 55.8 Å². The Hall–Kier alpha value is -3.10. The summed E-state index contributed by atoms with van der Waals surface area (Å²) in [7, 11) is 0. The fraction of sp³-hybridized carbons (Fsp3) is 0.385. The molecule has 1 aromatic heterocycles. The van der Waals surface area contributed by atoms with Crippen LogP contribution >= 0.6 is 11.3 Å². The molecule has 176 valence electrons. The van der Waals surface area contributed by atoms with Crippen LogP contribution in [0.5, 0.6) is 0 Å². The van der Waals surface area contributed by atoms with Crippen LogP contribution in [0.3, 0.4) is 0 Å². The monoisotopic (exact) mass is 478 g/mol. The van der Waals surface area contributed by atoms with Gasteiger partial charge < -0.3 is 9.64 Å². The number of thiazole rings is 1. The molecule has 2 aliphatic rings. The van der Waals surface area contributed by atoms with E-state index in [-0.39, 0.29) is 36.2 Å². The Bertz CT molecular complexity index is 1240. The molecule has 0 aliphatic carbocycles. The number of imide groups is 1. The summed E-state index contributed by atoms with van der Waals surface area (Å²) < 4.78 is 6.28. The summed E-state index contributed by atoms with van der Waals surface area (Å²) in [5.74, 6) is -0.581. The van der Waals surface area contributed by atoms with Gasteiger partial charge in [0, 0.05) is 18.4 Å². The molecule has 2 saturated heterocycles. The molecule has 2 fully saturated rings. The number of benzene rings is 2. The van der Waals surface area contributed by atoms with Gasteiger partial charge in [0.05, 0.1) is 47.9 Å². The Morgan fingerprint density at radius 1 is 1.15 bits per heavy atom. The molecule has 0 unspecified atom stereocenters. The topological polar surface area (TPSA) is 81.0 Å². The van der Waals surface area contributed by atoms with Gasteiger partial charge in [0.25, 0.3) is 5.91 Å². The molecule has 1 N–H and O–H groups in total. The Morgan fingerprint density at radius 3 is 2.59 bits per heavy atom. The Kier molecular flexibility index (Phi) is 6.18. The Labute approximate surface area is 202 Å². The number of carbonyl (C=O) groups is 3. The van der Waals surface area contributed by atoms with Crippen molar-refractivity contribution in [2.75, 3.05) is 24.6 Å². The molecule has 1 atom stereocenters. The largest absolute Gasteiger partial charge is 0.466 e. The summed E-state index contributed by atoms with van der Waals surface area (Å²) in [6.07, 6.45) is 1.57. The molecular weight excluding hydrogens is 450 g/mol. The average molecular weight is 479 g/mol. The molecule has 2 amide bonds. The van der Waals surface area contributed by atoms with Crippen LogP contribution in [0, 0.1) is 12.8 Å². The normalized spacial score (nSPS) is 23.0. The van der Waals surface area contributed by atoms with Crippen molar-refractivity contribution in [3.8, 4) is 10.6 Å². The van der Waals surface area contributed by atoms with Crippen molar-refractivity contribution in [2.24, 2.45) is 5.92 Å². The minimum absolute atomic E-state index is 0.106. The first-order valence-corrected chi connectivity index (χ1v) is 12.6. The number of esters is 1. The van der Waals surface area contributed by atoms with Crippen LogP contribution in [-0.2, 0) is 19.1 Å². The van der Waals surface area contributed by atoms with Gasteiger partial charge in [-0.2, -0.15) is 0 Å². The van der Waals surface area contributed by atoms with Crippen molar-refractivity contribution in [3.63, 3.8) is 0 Å². The van der Waals surface area contributed by atoms with E-state index in [1.807, 2.05) is 37.3 Å². The summed E-state index contributed by atoms with van der Waals surface area (Å²) in [5.41, 5.74) is 3.73. The number of aryl methyl sites for hydroxylation is 1. The van der Waals surface area contributed by atoms with Gasteiger partial charge >= 0.3 is 5.97 Å². The number of hydrogen-bond acceptors (Lipinski definition) is 6. The van der Waals surface area contributed by atoms with E-state index < -0.39 is 0 Å². The summed E-state index contributed by atoms with van der Waals surface area (Å²) >= 11 is 1.63. The van der Waals surface area contributed by atoms with Crippen molar-refractivity contribution in [3.05, 3.63) is 48.0 Å². The van der Waals surface area contributed by atoms with E-state index in [0.29, 0.717) is 38.2 Å². The van der Waals surface area contributed by atoms with Gasteiger partial charge in [0.1, 0.15) is 5.01 Å². The molecule has 3 aromatic rings. The quantitative estimate of drug-likeness (QED) is 0.451. The molecule has 8 heteroatoms. The highest BCUT2D eigenvalue weighted by Crippen LogP contribution is 2.32. The Balaban J connectivity index is 1.28. The zero-order valence-corrected chi connectivity index (χ0v) is 20.2. The maximum Gasteiger partial charge on any atom is 0.309 e. The van der Waals surface area contributed by atoms with Crippen LogP contribution in [0.2, 0.25) is 0 Å². The highest BCUT2D eigenvalue weighted by molar-refractivity contribution is 7.21. The first kappa shape index (κ1) is 22.7. The van der Waals surface area contributed by atoms with Crippen LogP contribution in [-0.4, -0.2) is 48.5 Å². The number of aromatic nitrogens is 1. The van der Waals surface area contributed by atoms with Crippen molar-refractivity contribution >= 4 is 45.0 Å². The first-order chi connectivity index (χ1) is 16.4. The number of amides is 2. The minimum atomic E-state index is -0.386. The minimum Gasteiger partial charge on any atom is -0.466 e. The van der Waals surface area contributed by atoms with E-state index in [1.54, 1.807) is 11.3 Å². The number of nitrogens with zero attached hydrogens (tertiary/aromatic N) is 2. The second-order valence-corrected chi connectivity index (χ2v) is 10.1. The molecule has 5 rings (SSSR count). The Morgan fingerprint density at radius 2 is 1.88 bits per heavy atom. The zero-order chi connectivity index (χ0) is 23.8. The lowest BCUT2D eigenvalue weighted by Crippen LogP contribution is -3.17. The lowest BCUT2D eigenvalue weighted by molar-refractivity contribution is -0.920. The number of anilines is 1. The standard InChI is InChI=1S/C26H27N3O4S/c1-3-33-26(32)18-10-12-28(13-11-18)21-15-23(30)29(25(21)31)19-7-5-17(6-8-19)24-27-20-9-4-16(2)14-22(20)34-24/h4-9,14,18,21H,3,10-13,15H2,1-2H3/p+1/t21-/m0/s1. The molecule has 34 heavy (non-hydrogen) atoms. The number of carbonyl (C=O) groups excluding carboxylic acids is 3. The second-order valence-electron chi connectivity index (χ2n) is 9.05. The fourth-order valence-electron chi connectivity index (χ4n) is 4.96. The second kappa shape index (κ2) is 9.27. The molecule has 7 nitrogen and oxygen atoms in total. The number of quaternary nitrogens is 1. The smallest absolute Gasteiger partial charge is 0.309 e. The zero-order valence-electron chi connectivity index (χ0n) is 19.4. The van der Waals surface area contributed by atoms with Gasteiger partial charge in [-0.3, -0.25) is 14.4 Å². The van der Waals surface area contributed by atoms with Gasteiger partial charge in [0.2, 0.25) is 5.91 Å². The van der Waals surface area contributed by atoms with Crippen LogP contribution < -0.4 is 9.80 Å². The summed E-state index contributed by atoms with van der Waals surface area (Å²) in [5, 5.41) is 0.915. The van der Waals surface area contributed by atoms with E-state index in [1.165, 1.54) is 10.5 Å². The van der Waals surface area contributed by atoms with Crippen molar-refractivity contribution < 1.29 is 24.0 Å².